The molecule has 1 aromatic heterocycles. The van der Waals surface area contributed by atoms with Gasteiger partial charge in [0.2, 0.25) is 10.0 Å². The molecule has 0 radical (unpaired) electrons. The Bertz CT molecular complexity index is 900. The molecule has 0 fully saturated rings. The van der Waals surface area contributed by atoms with Gasteiger partial charge in [0.25, 0.3) is 0 Å². The molecule has 0 amide bonds. The summed E-state index contributed by atoms with van der Waals surface area (Å²) in [5.74, 6) is 0.398. The van der Waals surface area contributed by atoms with Gasteiger partial charge in [0.05, 0.1) is 13.1 Å². The second-order valence-corrected chi connectivity index (χ2v) is 7.79. The maximum atomic E-state index is 13.6. The van der Waals surface area contributed by atoms with E-state index < -0.39 is 15.8 Å². The first-order valence-corrected chi connectivity index (χ1v) is 10.7. The summed E-state index contributed by atoms with van der Waals surface area (Å²) in [6, 6.07) is 9.27. The molecule has 30 heavy (non-hydrogen) atoms. The highest BCUT2D eigenvalue weighted by atomic mass is 127. The van der Waals surface area contributed by atoms with Crippen LogP contribution in [0.5, 0.6) is 5.75 Å². The Morgan fingerprint density at radius 2 is 2.03 bits per heavy atom. The number of hydrogen-bond donors (Lipinski definition) is 2. The number of para-hydroxylation sites is 1. The van der Waals surface area contributed by atoms with Crippen LogP contribution in [-0.2, 0) is 10.0 Å². The number of pyridine rings is 1. The van der Waals surface area contributed by atoms with Gasteiger partial charge in [0.1, 0.15) is 11.5 Å². The normalized spacial score (nSPS) is 11.5. The highest BCUT2D eigenvalue weighted by Crippen LogP contribution is 2.15. The van der Waals surface area contributed by atoms with Gasteiger partial charge in [-0.1, -0.05) is 12.1 Å². The van der Waals surface area contributed by atoms with Gasteiger partial charge in [0, 0.05) is 32.5 Å². The SMILES string of the molecule is CCNC(=NCCNS(=O)(=O)c1cccnc1)N(C)CCOc1ccccc1F.I. The van der Waals surface area contributed by atoms with Crippen LogP contribution >= 0.6 is 24.0 Å². The van der Waals surface area contributed by atoms with Crippen molar-refractivity contribution in [3.8, 4) is 5.75 Å². The first-order chi connectivity index (χ1) is 13.9. The van der Waals surface area contributed by atoms with E-state index >= 15 is 0 Å². The first-order valence-electron chi connectivity index (χ1n) is 9.20. The van der Waals surface area contributed by atoms with Crippen LogP contribution in [0.4, 0.5) is 4.39 Å². The second-order valence-electron chi connectivity index (χ2n) is 6.02. The molecule has 0 atom stereocenters. The van der Waals surface area contributed by atoms with Crippen LogP contribution in [-0.4, -0.2) is 64.1 Å². The molecule has 0 aliphatic carbocycles. The summed E-state index contributed by atoms with van der Waals surface area (Å²) in [4.78, 5) is 10.2. The van der Waals surface area contributed by atoms with E-state index in [9.17, 15) is 12.8 Å². The van der Waals surface area contributed by atoms with Gasteiger partial charge in [-0.2, -0.15) is 0 Å². The van der Waals surface area contributed by atoms with Crippen molar-refractivity contribution in [2.24, 2.45) is 4.99 Å². The zero-order chi connectivity index (χ0) is 21.1. The van der Waals surface area contributed by atoms with Crippen LogP contribution < -0.4 is 14.8 Å². The zero-order valence-corrected chi connectivity index (χ0v) is 20.1. The average molecular weight is 551 g/mol. The molecule has 0 saturated heterocycles. The molecule has 2 N–H and O–H groups in total. The van der Waals surface area contributed by atoms with Crippen LogP contribution in [0.3, 0.4) is 0 Å². The fraction of sp³-hybridized carbons (Fsp3) is 0.368. The van der Waals surface area contributed by atoms with Crippen molar-refractivity contribution in [2.45, 2.75) is 11.8 Å². The van der Waals surface area contributed by atoms with Crippen molar-refractivity contribution in [1.82, 2.24) is 19.9 Å². The van der Waals surface area contributed by atoms with Gasteiger partial charge in [-0.25, -0.2) is 17.5 Å². The highest BCUT2D eigenvalue weighted by Gasteiger charge is 2.13. The van der Waals surface area contributed by atoms with Crippen LogP contribution in [0.25, 0.3) is 0 Å². The lowest BCUT2D eigenvalue weighted by molar-refractivity contribution is 0.270. The molecule has 166 valence electrons. The van der Waals surface area contributed by atoms with E-state index in [4.69, 9.17) is 4.74 Å². The average Bonchev–Trinajstić information content (AvgIpc) is 2.72. The monoisotopic (exact) mass is 551 g/mol. The highest BCUT2D eigenvalue weighted by molar-refractivity contribution is 14.0. The topological polar surface area (TPSA) is 95.9 Å². The fourth-order valence-electron chi connectivity index (χ4n) is 2.36. The molecule has 0 saturated carbocycles. The molecule has 1 aromatic carbocycles. The number of likely N-dealkylation sites (N-methyl/N-ethyl adjacent to an activating group) is 1. The first kappa shape index (κ1) is 26.0. The predicted molar refractivity (Wildman–Crippen MR) is 125 cm³/mol. The van der Waals surface area contributed by atoms with Crippen molar-refractivity contribution in [3.63, 3.8) is 0 Å². The Labute approximate surface area is 194 Å². The standard InChI is InChI=1S/C19H26FN5O3S.HI/c1-3-22-19(25(2)13-14-28-18-9-5-4-8-17(18)20)23-11-12-24-29(26,27)16-7-6-10-21-15-16;/h4-10,15,24H,3,11-14H2,1-2H3,(H,22,23);1H. The minimum Gasteiger partial charge on any atom is -0.489 e. The molecule has 2 aromatic rings. The zero-order valence-electron chi connectivity index (χ0n) is 16.9. The fourth-order valence-corrected chi connectivity index (χ4v) is 3.35. The van der Waals surface area contributed by atoms with Gasteiger partial charge in [0.15, 0.2) is 17.5 Å². The Kier molecular flexibility index (Phi) is 11.6. The number of halogens is 2. The Morgan fingerprint density at radius 1 is 1.27 bits per heavy atom. The van der Waals surface area contributed by atoms with Crippen LogP contribution in [0, 0.1) is 5.82 Å². The summed E-state index contributed by atoms with van der Waals surface area (Å²) in [7, 11) is -1.79. The van der Waals surface area contributed by atoms with E-state index in [0.29, 0.717) is 19.0 Å². The number of nitrogens with zero attached hydrogens (tertiary/aromatic N) is 3. The van der Waals surface area contributed by atoms with Gasteiger partial charge >= 0.3 is 0 Å². The molecule has 2 rings (SSSR count). The second kappa shape index (κ2) is 13.3. The number of aromatic nitrogens is 1. The molecule has 0 bridgehead atoms. The van der Waals surface area contributed by atoms with Gasteiger partial charge in [-0.05, 0) is 31.2 Å². The smallest absolute Gasteiger partial charge is 0.242 e. The molecule has 1 heterocycles. The Morgan fingerprint density at radius 3 is 2.70 bits per heavy atom. The van der Waals surface area contributed by atoms with Gasteiger partial charge in [-0.3, -0.25) is 9.98 Å². The predicted octanol–water partition coefficient (Wildman–Crippen LogP) is 2.09. The van der Waals surface area contributed by atoms with Crippen LogP contribution in [0.1, 0.15) is 6.92 Å². The summed E-state index contributed by atoms with van der Waals surface area (Å²) < 4.78 is 45.9. The third-order valence-electron chi connectivity index (χ3n) is 3.83. The quantitative estimate of drug-likeness (QED) is 0.203. The van der Waals surface area contributed by atoms with Gasteiger partial charge < -0.3 is 15.0 Å². The number of guanidine groups is 1. The van der Waals surface area contributed by atoms with E-state index in [0.717, 1.165) is 0 Å². The number of nitrogens with one attached hydrogen (secondary N) is 2. The molecule has 8 nitrogen and oxygen atoms in total. The molecule has 0 unspecified atom stereocenters. The largest absolute Gasteiger partial charge is 0.489 e. The number of ether oxygens (including phenoxy) is 1. The van der Waals surface area contributed by atoms with Crippen molar-refractivity contribution in [1.29, 1.82) is 0 Å². The number of sulfonamides is 1. The Hall–Kier alpha value is -1.99. The third-order valence-corrected chi connectivity index (χ3v) is 5.27. The molecule has 11 heteroatoms. The minimum absolute atomic E-state index is 0. The van der Waals surface area contributed by atoms with E-state index in [-0.39, 0.29) is 54.3 Å². The lowest BCUT2D eigenvalue weighted by atomic mass is 10.3. The number of hydrogen-bond acceptors (Lipinski definition) is 5. The van der Waals surface area contributed by atoms with Crippen LogP contribution in [0.15, 0.2) is 58.7 Å². The van der Waals surface area contributed by atoms with E-state index in [1.165, 1.54) is 24.5 Å². The van der Waals surface area contributed by atoms with Crippen molar-refractivity contribution >= 4 is 40.0 Å². The van der Waals surface area contributed by atoms with Crippen LogP contribution in [0.2, 0.25) is 0 Å². The van der Waals surface area contributed by atoms with E-state index in [1.807, 2.05) is 18.9 Å². The van der Waals surface area contributed by atoms with E-state index in [2.05, 4.69) is 20.0 Å². The minimum atomic E-state index is -3.61. The maximum absolute atomic E-state index is 13.6. The summed E-state index contributed by atoms with van der Waals surface area (Å²) in [6.07, 6.45) is 2.80. The van der Waals surface area contributed by atoms with E-state index in [1.54, 1.807) is 24.3 Å². The molecular weight excluding hydrogens is 524 g/mol. The van der Waals surface area contributed by atoms with Crippen molar-refractivity contribution in [3.05, 3.63) is 54.6 Å². The lowest BCUT2D eigenvalue weighted by Crippen LogP contribution is -2.41. The lowest BCUT2D eigenvalue weighted by Gasteiger charge is -2.22. The third kappa shape index (κ3) is 8.40. The van der Waals surface area contributed by atoms with Crippen molar-refractivity contribution in [2.75, 3.05) is 39.8 Å². The van der Waals surface area contributed by atoms with Gasteiger partial charge in [-0.15, -0.1) is 24.0 Å². The molecule has 0 aliphatic rings. The summed E-state index contributed by atoms with van der Waals surface area (Å²) in [6.45, 7) is 3.73. The summed E-state index contributed by atoms with van der Waals surface area (Å²) >= 11 is 0. The number of benzene rings is 1. The molecule has 0 spiro atoms. The maximum Gasteiger partial charge on any atom is 0.242 e. The van der Waals surface area contributed by atoms with Crippen molar-refractivity contribution < 1.29 is 17.5 Å². The molecular formula is C19H27FIN5O3S. The number of aliphatic imine (C=N–C) groups is 1. The molecule has 0 aliphatic heterocycles. The summed E-state index contributed by atoms with van der Waals surface area (Å²) in [5, 5.41) is 3.13. The Balaban J connectivity index is 0.00000450. The number of rotatable bonds is 10. The summed E-state index contributed by atoms with van der Waals surface area (Å²) in [5.41, 5.74) is 0.